The van der Waals surface area contributed by atoms with Crippen molar-refractivity contribution in [3.05, 3.63) is 34.6 Å². The van der Waals surface area contributed by atoms with Crippen molar-refractivity contribution in [2.45, 2.75) is 51.9 Å². The van der Waals surface area contributed by atoms with Crippen LogP contribution >= 0.6 is 11.6 Å². The zero-order valence-corrected chi connectivity index (χ0v) is 13.1. The van der Waals surface area contributed by atoms with Gasteiger partial charge in [0.25, 0.3) is 0 Å². The number of rotatable bonds is 9. The SMILES string of the molecule is CCCCCCCCC(=O)N/N=C/c1c(F)cccc1Cl. The van der Waals surface area contributed by atoms with Crippen molar-refractivity contribution in [1.29, 1.82) is 0 Å². The lowest BCUT2D eigenvalue weighted by Crippen LogP contribution is -2.17. The predicted octanol–water partition coefficient (Wildman–Crippen LogP) is 4.68. The van der Waals surface area contributed by atoms with Gasteiger partial charge >= 0.3 is 0 Å². The second kappa shape index (κ2) is 10.3. The van der Waals surface area contributed by atoms with Gasteiger partial charge in [-0.3, -0.25) is 4.79 Å². The molecule has 1 rings (SSSR count). The molecule has 0 unspecified atom stereocenters. The molecule has 116 valence electrons. The van der Waals surface area contributed by atoms with Crippen LogP contribution in [0.1, 0.15) is 57.4 Å². The second-order valence-corrected chi connectivity index (χ2v) is 5.35. The van der Waals surface area contributed by atoms with Crippen molar-refractivity contribution in [2.24, 2.45) is 5.10 Å². The number of carbonyl (C=O) groups excluding carboxylic acids is 1. The maximum Gasteiger partial charge on any atom is 0.240 e. The fraction of sp³-hybridized carbons (Fsp3) is 0.500. The molecule has 0 bridgehead atoms. The molecule has 0 aliphatic heterocycles. The summed E-state index contributed by atoms with van der Waals surface area (Å²) in [5.74, 6) is -0.620. The van der Waals surface area contributed by atoms with E-state index in [1.165, 1.54) is 37.6 Å². The van der Waals surface area contributed by atoms with E-state index >= 15 is 0 Å². The summed E-state index contributed by atoms with van der Waals surface area (Å²) < 4.78 is 13.4. The van der Waals surface area contributed by atoms with Crippen LogP contribution in [0.2, 0.25) is 5.02 Å². The van der Waals surface area contributed by atoms with Gasteiger partial charge in [0.1, 0.15) is 5.82 Å². The lowest BCUT2D eigenvalue weighted by molar-refractivity contribution is -0.121. The van der Waals surface area contributed by atoms with Crippen molar-refractivity contribution in [3.63, 3.8) is 0 Å². The first-order valence-corrected chi connectivity index (χ1v) is 7.79. The van der Waals surface area contributed by atoms with Crippen molar-refractivity contribution in [2.75, 3.05) is 0 Å². The topological polar surface area (TPSA) is 41.5 Å². The predicted molar refractivity (Wildman–Crippen MR) is 85.1 cm³/mol. The van der Waals surface area contributed by atoms with Crippen LogP contribution in [-0.2, 0) is 4.79 Å². The summed E-state index contributed by atoms with van der Waals surface area (Å²) in [5, 5.41) is 4.01. The first-order valence-electron chi connectivity index (χ1n) is 7.41. The first kappa shape index (κ1) is 17.6. The van der Waals surface area contributed by atoms with E-state index < -0.39 is 5.82 Å². The monoisotopic (exact) mass is 312 g/mol. The third-order valence-corrected chi connectivity index (χ3v) is 3.47. The Morgan fingerprint density at radius 2 is 2.00 bits per heavy atom. The number of unbranched alkanes of at least 4 members (excludes halogenated alkanes) is 5. The molecule has 0 spiro atoms. The number of halogens is 2. The standard InChI is InChI=1S/C16H22ClFN2O/c1-2-3-4-5-6-7-11-16(21)20-19-12-13-14(17)9-8-10-15(13)18/h8-10,12H,2-7,11H2,1H3,(H,20,21)/b19-12+. The first-order chi connectivity index (χ1) is 10.1. The van der Waals surface area contributed by atoms with Crippen molar-refractivity contribution >= 4 is 23.7 Å². The number of nitrogens with one attached hydrogen (secondary N) is 1. The minimum Gasteiger partial charge on any atom is -0.273 e. The Labute approximate surface area is 130 Å². The Balaban J connectivity index is 2.25. The summed E-state index contributed by atoms with van der Waals surface area (Å²) in [6.07, 6.45) is 8.43. The third kappa shape index (κ3) is 7.23. The summed E-state index contributed by atoms with van der Waals surface area (Å²) in [7, 11) is 0. The fourth-order valence-corrected chi connectivity index (χ4v) is 2.14. The number of hydrazone groups is 1. The van der Waals surface area contributed by atoms with Crippen LogP contribution in [0.25, 0.3) is 0 Å². The number of carbonyl (C=O) groups is 1. The average molecular weight is 313 g/mol. The Bertz CT molecular complexity index is 457. The lowest BCUT2D eigenvalue weighted by atomic mass is 10.1. The molecule has 0 fully saturated rings. The van der Waals surface area contributed by atoms with Crippen LogP contribution in [0.15, 0.2) is 23.3 Å². The van der Waals surface area contributed by atoms with E-state index in [0.717, 1.165) is 19.3 Å². The van der Waals surface area contributed by atoms with Crippen LogP contribution in [-0.4, -0.2) is 12.1 Å². The molecule has 0 saturated carbocycles. The Hall–Kier alpha value is -1.42. The summed E-state index contributed by atoms with van der Waals surface area (Å²) >= 11 is 5.84. The van der Waals surface area contributed by atoms with Gasteiger partial charge in [-0.2, -0.15) is 5.10 Å². The van der Waals surface area contributed by atoms with Gasteiger partial charge in [0.05, 0.1) is 11.2 Å². The Kier molecular flexibility index (Phi) is 8.67. The van der Waals surface area contributed by atoms with E-state index in [1.54, 1.807) is 6.07 Å². The van der Waals surface area contributed by atoms with Crippen LogP contribution in [0.3, 0.4) is 0 Å². The van der Waals surface area contributed by atoms with E-state index in [0.29, 0.717) is 6.42 Å². The lowest BCUT2D eigenvalue weighted by Gasteiger charge is -2.02. The van der Waals surface area contributed by atoms with E-state index in [1.807, 2.05) is 0 Å². The fourth-order valence-electron chi connectivity index (χ4n) is 1.92. The molecule has 0 aliphatic carbocycles. The van der Waals surface area contributed by atoms with Crippen molar-refractivity contribution in [3.8, 4) is 0 Å². The highest BCUT2D eigenvalue weighted by Gasteiger charge is 2.04. The summed E-state index contributed by atoms with van der Waals surface area (Å²) in [6.45, 7) is 2.17. The summed E-state index contributed by atoms with van der Waals surface area (Å²) in [5.41, 5.74) is 2.57. The molecule has 21 heavy (non-hydrogen) atoms. The van der Waals surface area contributed by atoms with Gasteiger partial charge in [0.2, 0.25) is 5.91 Å². The molecule has 0 aromatic heterocycles. The number of nitrogens with zero attached hydrogens (tertiary/aromatic N) is 1. The maximum atomic E-state index is 13.4. The van der Waals surface area contributed by atoms with E-state index in [2.05, 4.69) is 17.5 Å². The molecular formula is C16H22ClFN2O. The highest BCUT2D eigenvalue weighted by atomic mass is 35.5. The zero-order valence-electron chi connectivity index (χ0n) is 12.4. The molecule has 1 N–H and O–H groups in total. The quantitative estimate of drug-likeness (QED) is 0.401. The molecule has 0 atom stereocenters. The molecular weight excluding hydrogens is 291 g/mol. The molecule has 0 aliphatic rings. The van der Waals surface area contributed by atoms with E-state index in [-0.39, 0.29) is 16.5 Å². The Morgan fingerprint density at radius 1 is 1.29 bits per heavy atom. The molecule has 0 radical (unpaired) electrons. The summed E-state index contributed by atoms with van der Waals surface area (Å²) in [6, 6.07) is 4.39. The van der Waals surface area contributed by atoms with Gasteiger partial charge in [-0.25, -0.2) is 9.82 Å². The highest BCUT2D eigenvalue weighted by Crippen LogP contribution is 2.16. The van der Waals surface area contributed by atoms with Gasteiger partial charge in [0.15, 0.2) is 0 Å². The smallest absolute Gasteiger partial charge is 0.240 e. The van der Waals surface area contributed by atoms with Gasteiger partial charge < -0.3 is 0 Å². The highest BCUT2D eigenvalue weighted by molar-refractivity contribution is 6.33. The van der Waals surface area contributed by atoms with E-state index in [9.17, 15) is 9.18 Å². The van der Waals surface area contributed by atoms with E-state index in [4.69, 9.17) is 11.6 Å². The molecule has 5 heteroatoms. The van der Waals surface area contributed by atoms with Crippen LogP contribution in [0, 0.1) is 5.82 Å². The molecule has 1 amide bonds. The van der Waals surface area contributed by atoms with Crippen molar-refractivity contribution in [1.82, 2.24) is 5.43 Å². The van der Waals surface area contributed by atoms with Gasteiger partial charge in [-0.1, -0.05) is 56.7 Å². The molecule has 0 heterocycles. The number of amides is 1. The normalized spacial score (nSPS) is 11.0. The van der Waals surface area contributed by atoms with Gasteiger partial charge in [-0.05, 0) is 18.6 Å². The van der Waals surface area contributed by atoms with Crippen LogP contribution in [0.5, 0.6) is 0 Å². The molecule has 1 aromatic rings. The number of hydrogen-bond donors (Lipinski definition) is 1. The maximum absolute atomic E-state index is 13.4. The van der Waals surface area contributed by atoms with Crippen LogP contribution in [0.4, 0.5) is 4.39 Å². The van der Waals surface area contributed by atoms with Crippen LogP contribution < -0.4 is 5.43 Å². The minimum atomic E-state index is -0.462. The molecule has 0 saturated heterocycles. The number of hydrogen-bond acceptors (Lipinski definition) is 2. The summed E-state index contributed by atoms with van der Waals surface area (Å²) in [4.78, 5) is 11.5. The Morgan fingerprint density at radius 3 is 2.71 bits per heavy atom. The minimum absolute atomic E-state index is 0.158. The number of benzene rings is 1. The molecule has 1 aromatic carbocycles. The largest absolute Gasteiger partial charge is 0.273 e. The van der Waals surface area contributed by atoms with Gasteiger partial charge in [0, 0.05) is 12.0 Å². The molecule has 3 nitrogen and oxygen atoms in total. The third-order valence-electron chi connectivity index (χ3n) is 3.14. The van der Waals surface area contributed by atoms with Gasteiger partial charge in [-0.15, -0.1) is 0 Å². The average Bonchev–Trinajstić information content (AvgIpc) is 2.46. The van der Waals surface area contributed by atoms with Crippen molar-refractivity contribution < 1.29 is 9.18 Å². The second-order valence-electron chi connectivity index (χ2n) is 4.95. The zero-order chi connectivity index (χ0) is 15.5.